The van der Waals surface area contributed by atoms with Gasteiger partial charge >= 0.3 is 0 Å². The fraction of sp³-hybridized carbons (Fsp3) is 0.636. The van der Waals surface area contributed by atoms with E-state index in [2.05, 4.69) is 43.3 Å². The van der Waals surface area contributed by atoms with Crippen LogP contribution in [0.25, 0.3) is 10.8 Å². The van der Waals surface area contributed by atoms with Gasteiger partial charge in [-0.05, 0) is 84.7 Å². The van der Waals surface area contributed by atoms with Crippen LogP contribution in [0.3, 0.4) is 0 Å². The van der Waals surface area contributed by atoms with Crippen LogP contribution in [0, 0.1) is 17.8 Å². The van der Waals surface area contributed by atoms with E-state index in [-0.39, 0.29) is 0 Å². The van der Waals surface area contributed by atoms with Gasteiger partial charge in [0.1, 0.15) is 12.4 Å². The third kappa shape index (κ3) is 7.37. The van der Waals surface area contributed by atoms with Gasteiger partial charge in [-0.3, -0.25) is 0 Å². The minimum Gasteiger partial charge on any atom is -0.490 e. The van der Waals surface area contributed by atoms with E-state index < -0.39 is 0 Å². The van der Waals surface area contributed by atoms with Crippen LogP contribution in [0.2, 0.25) is 0 Å². The zero-order valence-corrected chi connectivity index (χ0v) is 21.9. The maximum absolute atomic E-state index is 5.82. The highest BCUT2D eigenvalue weighted by molar-refractivity contribution is 5.84. The van der Waals surface area contributed by atoms with E-state index in [1.807, 2.05) is 19.1 Å². The second-order valence-electron chi connectivity index (χ2n) is 11.3. The molecule has 0 saturated heterocycles. The maximum Gasteiger partial charge on any atom is 0.120 e. The monoisotopic (exact) mass is 460 g/mol. The first kappa shape index (κ1) is 25.3. The summed E-state index contributed by atoms with van der Waals surface area (Å²) in [4.78, 5) is 0. The molecule has 2 aromatic rings. The lowest BCUT2D eigenvalue weighted by molar-refractivity contribution is 0.222. The van der Waals surface area contributed by atoms with Crippen LogP contribution in [0.1, 0.15) is 115 Å². The third-order valence-electron chi connectivity index (χ3n) is 8.90. The van der Waals surface area contributed by atoms with Crippen LogP contribution in [-0.4, -0.2) is 6.61 Å². The normalized spacial score (nSPS) is 25.7. The van der Waals surface area contributed by atoms with Crippen LogP contribution < -0.4 is 4.74 Å². The standard InChI is InChI=1S/C33H48O/c1-3-5-7-8-26-9-11-27(12-10-26)13-14-28-15-17-29(18-16-28)30-19-20-32-25-33(34-23-6-4-2)22-21-31(32)24-30/h4,6,19-22,24-29H,3,5,7-18,23H2,1-2H3. The third-order valence-corrected chi connectivity index (χ3v) is 8.90. The summed E-state index contributed by atoms with van der Waals surface area (Å²) in [5, 5.41) is 2.64. The van der Waals surface area contributed by atoms with Gasteiger partial charge in [0.05, 0.1) is 0 Å². The SMILES string of the molecule is CC=CCOc1ccc2cc(C3CCC(CCC4CCC(CCCCC)CC4)CC3)ccc2c1. The van der Waals surface area contributed by atoms with E-state index in [0.29, 0.717) is 6.61 Å². The van der Waals surface area contributed by atoms with Gasteiger partial charge in [-0.2, -0.15) is 0 Å². The minimum atomic E-state index is 0.643. The van der Waals surface area contributed by atoms with Gasteiger partial charge in [-0.25, -0.2) is 0 Å². The number of rotatable bonds is 11. The average molecular weight is 461 g/mol. The van der Waals surface area contributed by atoms with Gasteiger partial charge in [-0.15, -0.1) is 0 Å². The van der Waals surface area contributed by atoms with E-state index in [0.717, 1.165) is 29.4 Å². The molecule has 0 aromatic heterocycles. The fourth-order valence-electron chi connectivity index (χ4n) is 6.57. The Balaban J connectivity index is 1.19. The molecule has 4 rings (SSSR count). The molecule has 2 aliphatic carbocycles. The minimum absolute atomic E-state index is 0.643. The number of benzene rings is 2. The van der Waals surface area contributed by atoms with Crippen LogP contribution in [0.5, 0.6) is 5.75 Å². The van der Waals surface area contributed by atoms with Crippen molar-refractivity contribution in [2.24, 2.45) is 17.8 Å². The van der Waals surface area contributed by atoms with Gasteiger partial charge < -0.3 is 4.74 Å². The molecule has 186 valence electrons. The summed E-state index contributed by atoms with van der Waals surface area (Å²) >= 11 is 0. The number of hydrogen-bond donors (Lipinski definition) is 0. The number of unbranched alkanes of at least 4 members (excludes halogenated alkanes) is 2. The molecule has 1 nitrogen and oxygen atoms in total. The molecule has 1 heteroatoms. The highest BCUT2D eigenvalue weighted by Gasteiger charge is 2.25. The summed E-state index contributed by atoms with van der Waals surface area (Å²) in [5.74, 6) is 4.79. The van der Waals surface area contributed by atoms with Gasteiger partial charge in [0.2, 0.25) is 0 Å². The fourth-order valence-corrected chi connectivity index (χ4v) is 6.57. The Morgan fingerprint density at radius 3 is 2.03 bits per heavy atom. The molecule has 2 aromatic carbocycles. The summed E-state index contributed by atoms with van der Waals surface area (Å²) in [7, 11) is 0. The van der Waals surface area contributed by atoms with Crippen LogP contribution in [-0.2, 0) is 0 Å². The predicted octanol–water partition coefficient (Wildman–Crippen LogP) is 10.2. The number of hydrogen-bond acceptors (Lipinski definition) is 1. The van der Waals surface area contributed by atoms with Crippen molar-refractivity contribution >= 4 is 10.8 Å². The van der Waals surface area contributed by atoms with Crippen molar-refractivity contribution in [2.45, 2.75) is 110 Å². The van der Waals surface area contributed by atoms with Crippen LogP contribution in [0.4, 0.5) is 0 Å². The molecule has 2 saturated carbocycles. The second-order valence-corrected chi connectivity index (χ2v) is 11.3. The lowest BCUT2D eigenvalue weighted by atomic mass is 9.74. The summed E-state index contributed by atoms with van der Waals surface area (Å²) in [5.41, 5.74) is 1.55. The molecule has 0 amide bonds. The molecule has 2 fully saturated rings. The molecular formula is C33H48O. The van der Waals surface area contributed by atoms with E-state index in [1.165, 1.54) is 101 Å². The molecule has 34 heavy (non-hydrogen) atoms. The Bertz CT molecular complexity index is 881. The first-order valence-corrected chi connectivity index (χ1v) is 14.5. The van der Waals surface area contributed by atoms with Gasteiger partial charge in [0, 0.05) is 0 Å². The summed E-state index contributed by atoms with van der Waals surface area (Å²) in [6.07, 6.45) is 24.6. The predicted molar refractivity (Wildman–Crippen MR) is 148 cm³/mol. The quantitative estimate of drug-likeness (QED) is 0.239. The molecule has 0 aliphatic heterocycles. The van der Waals surface area contributed by atoms with Crippen molar-refractivity contribution in [3.63, 3.8) is 0 Å². The lowest BCUT2D eigenvalue weighted by Crippen LogP contribution is -2.17. The zero-order chi connectivity index (χ0) is 23.6. The number of ether oxygens (including phenoxy) is 1. The molecule has 0 heterocycles. The molecule has 0 spiro atoms. The number of allylic oxidation sites excluding steroid dienone is 1. The Labute approximate surface area is 209 Å². The van der Waals surface area contributed by atoms with Crippen molar-refractivity contribution in [1.29, 1.82) is 0 Å². The summed E-state index contributed by atoms with van der Waals surface area (Å²) < 4.78 is 5.82. The maximum atomic E-state index is 5.82. The van der Waals surface area contributed by atoms with E-state index in [1.54, 1.807) is 5.56 Å². The topological polar surface area (TPSA) is 9.23 Å². The molecule has 0 atom stereocenters. The second kappa shape index (κ2) is 13.4. The molecule has 0 N–H and O–H groups in total. The summed E-state index contributed by atoms with van der Waals surface area (Å²) in [6, 6.07) is 13.6. The van der Waals surface area contributed by atoms with Crippen molar-refractivity contribution < 1.29 is 4.74 Å². The Morgan fingerprint density at radius 2 is 1.35 bits per heavy atom. The first-order valence-electron chi connectivity index (χ1n) is 14.5. The Kier molecular flexibility index (Phi) is 9.96. The van der Waals surface area contributed by atoms with E-state index in [4.69, 9.17) is 4.74 Å². The van der Waals surface area contributed by atoms with Crippen molar-refractivity contribution in [3.8, 4) is 5.75 Å². The highest BCUT2D eigenvalue weighted by Crippen LogP contribution is 2.41. The zero-order valence-electron chi connectivity index (χ0n) is 21.9. The van der Waals surface area contributed by atoms with E-state index in [9.17, 15) is 0 Å². The van der Waals surface area contributed by atoms with Crippen molar-refractivity contribution in [3.05, 3.63) is 54.1 Å². The largest absolute Gasteiger partial charge is 0.490 e. The molecular weight excluding hydrogens is 412 g/mol. The van der Waals surface area contributed by atoms with Gasteiger partial charge in [0.15, 0.2) is 0 Å². The lowest BCUT2D eigenvalue weighted by Gasteiger charge is -2.32. The van der Waals surface area contributed by atoms with Gasteiger partial charge in [-0.1, -0.05) is 108 Å². The Morgan fingerprint density at radius 1 is 0.735 bits per heavy atom. The molecule has 0 radical (unpaired) electrons. The van der Waals surface area contributed by atoms with Crippen molar-refractivity contribution in [2.75, 3.05) is 6.61 Å². The Hall–Kier alpha value is -1.76. The molecule has 0 bridgehead atoms. The average Bonchev–Trinajstić information content (AvgIpc) is 2.88. The molecule has 2 aliphatic rings. The van der Waals surface area contributed by atoms with Crippen LogP contribution in [0.15, 0.2) is 48.6 Å². The smallest absolute Gasteiger partial charge is 0.120 e. The first-order chi connectivity index (χ1) is 16.7. The van der Waals surface area contributed by atoms with Crippen molar-refractivity contribution in [1.82, 2.24) is 0 Å². The summed E-state index contributed by atoms with van der Waals surface area (Å²) in [6.45, 7) is 4.99. The van der Waals surface area contributed by atoms with Crippen LogP contribution >= 0.6 is 0 Å². The van der Waals surface area contributed by atoms with Gasteiger partial charge in [0.25, 0.3) is 0 Å². The number of fused-ring (bicyclic) bond motifs is 1. The van der Waals surface area contributed by atoms with E-state index >= 15 is 0 Å². The molecule has 0 unspecified atom stereocenters. The highest BCUT2D eigenvalue weighted by atomic mass is 16.5.